The summed E-state index contributed by atoms with van der Waals surface area (Å²) in [5.74, 6) is -0.966. The number of rotatable bonds is 2. The second kappa shape index (κ2) is 5.59. The average molecular weight is 289 g/mol. The van der Waals surface area contributed by atoms with E-state index in [1.54, 1.807) is 12.1 Å². The molecule has 2 rings (SSSR count). The number of benzene rings is 1. The van der Waals surface area contributed by atoms with Gasteiger partial charge in [-0.1, -0.05) is 12.1 Å². The first-order valence-electron chi connectivity index (χ1n) is 5.61. The summed E-state index contributed by atoms with van der Waals surface area (Å²) in [5.41, 5.74) is 0.319. The number of phenols is 2. The van der Waals surface area contributed by atoms with Gasteiger partial charge in [0, 0.05) is 0 Å². The van der Waals surface area contributed by atoms with Gasteiger partial charge in [-0.15, -0.1) is 12.6 Å². The van der Waals surface area contributed by atoms with Crippen LogP contribution in [-0.2, 0) is 4.79 Å². The van der Waals surface area contributed by atoms with Crippen molar-refractivity contribution in [3.63, 3.8) is 0 Å². The van der Waals surface area contributed by atoms with Gasteiger partial charge in [0.2, 0.25) is 0 Å². The Morgan fingerprint density at radius 3 is 2.65 bits per heavy atom. The smallest absolute Gasteiger partial charge is 0.266 e. The van der Waals surface area contributed by atoms with E-state index in [0.29, 0.717) is 11.3 Å². The molecule has 1 aliphatic rings. The molecule has 20 heavy (non-hydrogen) atoms. The number of hydrogen-bond donors (Lipinski definition) is 5. The van der Waals surface area contributed by atoms with Crippen LogP contribution in [0.1, 0.15) is 5.56 Å². The van der Waals surface area contributed by atoms with Crippen molar-refractivity contribution in [3.05, 3.63) is 41.1 Å². The van der Waals surface area contributed by atoms with Crippen LogP contribution in [-0.4, -0.2) is 21.6 Å². The van der Waals surface area contributed by atoms with Crippen molar-refractivity contribution < 1.29 is 15.0 Å². The largest absolute Gasteiger partial charge is 0.504 e. The predicted molar refractivity (Wildman–Crippen MR) is 75.5 cm³/mol. The van der Waals surface area contributed by atoms with Gasteiger partial charge in [0.15, 0.2) is 11.5 Å². The molecule has 6 nitrogen and oxygen atoms in total. The molecule has 0 aromatic heterocycles. The molecule has 1 heterocycles. The third-order valence-electron chi connectivity index (χ3n) is 2.61. The Kier molecular flexibility index (Phi) is 3.86. The summed E-state index contributed by atoms with van der Waals surface area (Å²) < 4.78 is 0. The van der Waals surface area contributed by atoms with Crippen LogP contribution in [0.5, 0.6) is 11.5 Å². The first-order valence-corrected chi connectivity index (χ1v) is 6.13. The molecule has 1 atom stereocenters. The number of phenolic OH excluding ortho intramolecular Hbond substituents is 2. The molecule has 1 amide bonds. The predicted octanol–water partition coefficient (Wildman–Crippen LogP) is 0.821. The van der Waals surface area contributed by atoms with Crippen molar-refractivity contribution in [2.45, 2.75) is 5.50 Å². The number of hydrogen-bond acceptors (Lipinski definition) is 6. The van der Waals surface area contributed by atoms with Crippen molar-refractivity contribution >= 4 is 24.6 Å². The maximum atomic E-state index is 11.6. The number of carbonyl (C=O) groups excluding carboxylic acids is 1. The second-order valence-electron chi connectivity index (χ2n) is 4.00. The normalized spacial score (nSPS) is 18.6. The van der Waals surface area contributed by atoms with E-state index in [1.807, 2.05) is 6.07 Å². The third-order valence-corrected chi connectivity index (χ3v) is 2.87. The Morgan fingerprint density at radius 2 is 2.00 bits per heavy atom. The minimum atomic E-state index is -0.576. The molecule has 0 aliphatic carbocycles. The molecule has 0 saturated carbocycles. The minimum Gasteiger partial charge on any atom is -0.504 e. The van der Waals surface area contributed by atoms with Crippen molar-refractivity contribution in [2.75, 3.05) is 0 Å². The number of nitrogens with one attached hydrogen (secondary N) is 2. The molecule has 1 unspecified atom stereocenters. The lowest BCUT2D eigenvalue weighted by atomic mass is 10.1. The van der Waals surface area contributed by atoms with Gasteiger partial charge in [0.1, 0.15) is 17.1 Å². The van der Waals surface area contributed by atoms with E-state index >= 15 is 0 Å². The van der Waals surface area contributed by atoms with Gasteiger partial charge in [0.05, 0.1) is 5.70 Å². The monoisotopic (exact) mass is 289 g/mol. The Balaban J connectivity index is 2.31. The lowest BCUT2D eigenvalue weighted by Crippen LogP contribution is -2.46. The fraction of sp³-hybridized carbons (Fsp3) is 0.0769. The van der Waals surface area contributed by atoms with Crippen LogP contribution < -0.4 is 10.6 Å². The summed E-state index contributed by atoms with van der Waals surface area (Å²) in [4.78, 5) is 11.6. The van der Waals surface area contributed by atoms with E-state index < -0.39 is 11.4 Å². The highest BCUT2D eigenvalue weighted by molar-refractivity contribution is 7.80. The number of nitriles is 1. The highest BCUT2D eigenvalue weighted by Crippen LogP contribution is 2.25. The van der Waals surface area contributed by atoms with E-state index in [0.717, 1.165) is 0 Å². The molecule has 0 saturated heterocycles. The van der Waals surface area contributed by atoms with Crippen molar-refractivity contribution in [2.24, 2.45) is 0 Å². The molecular formula is C13H11N3O3S. The minimum absolute atomic E-state index is 0.0467. The van der Waals surface area contributed by atoms with Gasteiger partial charge in [0.25, 0.3) is 5.91 Å². The summed E-state index contributed by atoms with van der Waals surface area (Å²) in [6, 6.07) is 6.10. The summed E-state index contributed by atoms with van der Waals surface area (Å²) in [6.45, 7) is 0. The third kappa shape index (κ3) is 2.87. The molecule has 7 heteroatoms. The summed E-state index contributed by atoms with van der Waals surface area (Å²) in [6.07, 6.45) is 3.13. The molecule has 0 fully saturated rings. The van der Waals surface area contributed by atoms with Crippen molar-refractivity contribution in [1.82, 2.24) is 10.6 Å². The Labute approximate surface area is 120 Å². The van der Waals surface area contributed by atoms with E-state index in [1.165, 1.54) is 18.2 Å². The SMILES string of the molecule is N#CC1=C(/C=C/c2ccc(O)c(O)c2)NC(S)NC1=O. The molecular weight excluding hydrogens is 278 g/mol. The standard InChI is InChI=1S/C13H11N3O3S/c14-6-8-9(15-13(20)16-12(8)19)3-1-7-2-4-10(17)11(18)5-7/h1-5,13,15,17-18,20H,(H,16,19)/b3-1+. The van der Waals surface area contributed by atoms with E-state index in [4.69, 9.17) is 5.26 Å². The number of carbonyl (C=O) groups is 1. The number of allylic oxidation sites excluding steroid dienone is 1. The Bertz CT molecular complexity index is 661. The molecule has 0 radical (unpaired) electrons. The molecule has 0 bridgehead atoms. The summed E-state index contributed by atoms with van der Waals surface area (Å²) in [5, 5.41) is 32.8. The maximum absolute atomic E-state index is 11.6. The van der Waals surface area contributed by atoms with Crippen LogP contribution in [0.25, 0.3) is 6.08 Å². The highest BCUT2D eigenvalue weighted by Gasteiger charge is 2.22. The number of aromatic hydroxyl groups is 2. The highest BCUT2D eigenvalue weighted by atomic mass is 32.1. The van der Waals surface area contributed by atoms with E-state index in [2.05, 4.69) is 23.3 Å². The molecule has 0 spiro atoms. The van der Waals surface area contributed by atoms with Gasteiger partial charge in [-0.25, -0.2) is 0 Å². The first-order chi connectivity index (χ1) is 9.51. The summed E-state index contributed by atoms with van der Waals surface area (Å²) in [7, 11) is 0. The quantitative estimate of drug-likeness (QED) is 0.409. The molecule has 102 valence electrons. The van der Waals surface area contributed by atoms with Gasteiger partial charge in [-0.3, -0.25) is 4.79 Å². The second-order valence-corrected chi connectivity index (χ2v) is 4.52. The van der Waals surface area contributed by atoms with Gasteiger partial charge in [-0.05, 0) is 23.8 Å². The van der Waals surface area contributed by atoms with E-state index in [-0.39, 0.29) is 17.1 Å². The average Bonchev–Trinajstić information content (AvgIpc) is 2.39. The van der Waals surface area contributed by atoms with Crippen molar-refractivity contribution in [1.29, 1.82) is 5.26 Å². The van der Waals surface area contributed by atoms with Gasteiger partial charge in [-0.2, -0.15) is 5.26 Å². The van der Waals surface area contributed by atoms with Crippen LogP contribution in [0.3, 0.4) is 0 Å². The van der Waals surface area contributed by atoms with Crippen molar-refractivity contribution in [3.8, 4) is 17.6 Å². The van der Waals surface area contributed by atoms with Gasteiger partial charge < -0.3 is 20.8 Å². The zero-order chi connectivity index (χ0) is 14.7. The summed E-state index contributed by atoms with van der Waals surface area (Å²) >= 11 is 4.08. The van der Waals surface area contributed by atoms with Crippen LogP contribution in [0.2, 0.25) is 0 Å². The topological polar surface area (TPSA) is 105 Å². The van der Waals surface area contributed by atoms with Crippen LogP contribution >= 0.6 is 12.6 Å². The maximum Gasteiger partial charge on any atom is 0.266 e. The van der Waals surface area contributed by atoms with Crippen LogP contribution in [0.4, 0.5) is 0 Å². The fourth-order valence-electron chi connectivity index (χ4n) is 1.64. The zero-order valence-electron chi connectivity index (χ0n) is 10.2. The molecule has 4 N–H and O–H groups in total. The molecule has 1 aromatic carbocycles. The van der Waals surface area contributed by atoms with Gasteiger partial charge >= 0.3 is 0 Å². The molecule has 1 aromatic rings. The first kappa shape index (κ1) is 13.8. The Morgan fingerprint density at radius 1 is 1.25 bits per heavy atom. The number of amides is 1. The molecule has 1 aliphatic heterocycles. The number of thiol groups is 1. The van der Waals surface area contributed by atoms with E-state index in [9.17, 15) is 15.0 Å². The number of nitrogens with zero attached hydrogens (tertiary/aromatic N) is 1. The lowest BCUT2D eigenvalue weighted by Gasteiger charge is -2.22. The lowest BCUT2D eigenvalue weighted by molar-refractivity contribution is -0.117. The fourth-order valence-corrected chi connectivity index (χ4v) is 1.90. The Hall–Kier alpha value is -2.59. The van der Waals surface area contributed by atoms with Crippen LogP contribution in [0, 0.1) is 11.3 Å². The van der Waals surface area contributed by atoms with Crippen LogP contribution in [0.15, 0.2) is 35.5 Å². The zero-order valence-corrected chi connectivity index (χ0v) is 11.1.